The molecule has 1 heterocycles. The van der Waals surface area contributed by atoms with Crippen molar-refractivity contribution in [3.05, 3.63) is 34.6 Å². The predicted octanol–water partition coefficient (Wildman–Crippen LogP) is 2.16. The van der Waals surface area contributed by atoms with E-state index < -0.39 is 36.3 Å². The molecule has 1 N–H and O–H groups in total. The second kappa shape index (κ2) is 11.8. The number of nitrogens with one attached hydrogen (secondary N) is 1. The van der Waals surface area contributed by atoms with Crippen molar-refractivity contribution in [3.8, 4) is 5.69 Å². The van der Waals surface area contributed by atoms with Gasteiger partial charge in [-0.05, 0) is 18.2 Å². The Morgan fingerprint density at radius 1 is 1.26 bits per heavy atom. The van der Waals surface area contributed by atoms with Crippen LogP contribution in [0.5, 0.6) is 0 Å². The first-order valence-electron chi connectivity index (χ1n) is 8.90. The topological polar surface area (TPSA) is 116 Å². The highest BCUT2D eigenvalue weighted by atomic mass is 35.5. The maximum atomic E-state index is 12.8. The number of ether oxygens (including phenoxy) is 2. The number of esters is 1. The van der Waals surface area contributed by atoms with Crippen molar-refractivity contribution in [3.63, 3.8) is 0 Å². The smallest absolute Gasteiger partial charge is 0.328 e. The molecule has 1 aromatic carbocycles. The standard InChI is InChI=1S/C18H20Cl3N5O5/c1-30-6-5-14(18(29)31-2)25(17(28)8-19)10-16(27)22-12-7-11(20)3-4-13(12)26-9-15(21)23-24-26/h3-4,7,9,14H,5-6,8,10H2,1-2H3,(H,22,27). The molecule has 0 saturated heterocycles. The van der Waals surface area contributed by atoms with Gasteiger partial charge in [0.05, 0.1) is 24.7 Å². The van der Waals surface area contributed by atoms with Crippen molar-refractivity contribution in [2.45, 2.75) is 12.5 Å². The molecule has 0 radical (unpaired) electrons. The van der Waals surface area contributed by atoms with Crippen LogP contribution >= 0.6 is 34.8 Å². The molecule has 2 amide bonds. The van der Waals surface area contributed by atoms with Crippen LogP contribution in [-0.2, 0) is 23.9 Å². The molecule has 0 spiro atoms. The van der Waals surface area contributed by atoms with Gasteiger partial charge in [-0.1, -0.05) is 28.4 Å². The van der Waals surface area contributed by atoms with Crippen LogP contribution in [0.3, 0.4) is 0 Å². The molecule has 2 aromatic rings. The van der Waals surface area contributed by atoms with Crippen LogP contribution in [0.1, 0.15) is 6.42 Å². The largest absolute Gasteiger partial charge is 0.467 e. The summed E-state index contributed by atoms with van der Waals surface area (Å²) in [7, 11) is 2.64. The van der Waals surface area contributed by atoms with Gasteiger partial charge < -0.3 is 19.7 Å². The van der Waals surface area contributed by atoms with Crippen LogP contribution in [0.15, 0.2) is 24.4 Å². The third kappa shape index (κ3) is 6.79. The van der Waals surface area contributed by atoms with Gasteiger partial charge in [-0.3, -0.25) is 9.59 Å². The number of carbonyl (C=O) groups excluding carboxylic acids is 3. The zero-order valence-corrected chi connectivity index (χ0v) is 18.9. The van der Waals surface area contributed by atoms with Crippen LogP contribution in [0, 0.1) is 0 Å². The van der Waals surface area contributed by atoms with E-state index in [2.05, 4.69) is 15.6 Å². The number of carbonyl (C=O) groups is 3. The summed E-state index contributed by atoms with van der Waals surface area (Å²) in [4.78, 5) is 38.4. The number of alkyl halides is 1. The lowest BCUT2D eigenvalue weighted by Gasteiger charge is -2.29. The number of aromatic nitrogens is 3. The molecular formula is C18H20Cl3N5O5. The zero-order valence-electron chi connectivity index (χ0n) is 16.7. The van der Waals surface area contributed by atoms with E-state index in [1.54, 1.807) is 12.1 Å². The minimum atomic E-state index is -1.05. The lowest BCUT2D eigenvalue weighted by molar-refractivity contribution is -0.153. The number of anilines is 1. The first-order chi connectivity index (χ1) is 14.8. The second-order valence-electron chi connectivity index (χ2n) is 6.17. The summed E-state index contributed by atoms with van der Waals surface area (Å²) in [6.07, 6.45) is 1.57. The Hall–Kier alpha value is -2.40. The number of hydrogen-bond acceptors (Lipinski definition) is 7. The normalized spacial score (nSPS) is 11.6. The van der Waals surface area contributed by atoms with E-state index in [4.69, 9.17) is 44.3 Å². The fraction of sp³-hybridized carbons (Fsp3) is 0.389. The van der Waals surface area contributed by atoms with Crippen molar-refractivity contribution < 1.29 is 23.9 Å². The van der Waals surface area contributed by atoms with Crippen LogP contribution in [-0.4, -0.2) is 77.0 Å². The minimum absolute atomic E-state index is 0.124. The molecule has 0 aliphatic heterocycles. The van der Waals surface area contributed by atoms with E-state index in [1.807, 2.05) is 0 Å². The van der Waals surface area contributed by atoms with Gasteiger partial charge in [0.1, 0.15) is 18.5 Å². The van der Waals surface area contributed by atoms with Crippen LogP contribution in [0.2, 0.25) is 10.2 Å². The molecule has 31 heavy (non-hydrogen) atoms. The highest BCUT2D eigenvalue weighted by Crippen LogP contribution is 2.25. The van der Waals surface area contributed by atoms with E-state index in [9.17, 15) is 14.4 Å². The number of benzene rings is 1. The average molecular weight is 493 g/mol. The predicted molar refractivity (Wildman–Crippen MR) is 115 cm³/mol. The molecule has 13 heteroatoms. The van der Waals surface area contributed by atoms with E-state index >= 15 is 0 Å². The van der Waals surface area contributed by atoms with Crippen molar-refractivity contribution in [2.24, 2.45) is 0 Å². The molecule has 168 valence electrons. The quantitative estimate of drug-likeness (QED) is 0.399. The summed E-state index contributed by atoms with van der Waals surface area (Å²) in [6.45, 7) is -0.294. The Morgan fingerprint density at radius 2 is 2.00 bits per heavy atom. The Bertz CT molecular complexity index is 939. The third-order valence-corrected chi connectivity index (χ3v) is 4.78. The first kappa shape index (κ1) is 24.9. The van der Waals surface area contributed by atoms with Gasteiger partial charge in [-0.2, -0.15) is 0 Å². The Balaban J connectivity index is 2.27. The van der Waals surface area contributed by atoms with Gasteiger partial charge in [0, 0.05) is 25.2 Å². The fourth-order valence-electron chi connectivity index (χ4n) is 2.73. The number of amides is 2. The lowest BCUT2D eigenvalue weighted by atomic mass is 10.1. The highest BCUT2D eigenvalue weighted by Gasteiger charge is 2.31. The fourth-order valence-corrected chi connectivity index (χ4v) is 3.18. The second-order valence-corrected chi connectivity index (χ2v) is 7.26. The molecule has 1 unspecified atom stereocenters. The maximum Gasteiger partial charge on any atom is 0.328 e. The van der Waals surface area contributed by atoms with Crippen molar-refractivity contribution in [1.82, 2.24) is 19.9 Å². The number of halogens is 3. The summed E-state index contributed by atoms with van der Waals surface area (Å²) in [5.41, 5.74) is 0.736. The summed E-state index contributed by atoms with van der Waals surface area (Å²) < 4.78 is 11.1. The van der Waals surface area contributed by atoms with Gasteiger partial charge in [-0.15, -0.1) is 16.7 Å². The molecule has 2 rings (SSSR count). The third-order valence-electron chi connectivity index (χ3n) is 4.14. The molecule has 0 bridgehead atoms. The SMILES string of the molecule is COCCC(C(=O)OC)N(CC(=O)Nc1cc(Cl)ccc1-n1cc(Cl)nn1)C(=O)CCl. The van der Waals surface area contributed by atoms with Crippen LogP contribution in [0.4, 0.5) is 5.69 Å². The summed E-state index contributed by atoms with van der Waals surface area (Å²) in [5, 5.41) is 10.7. The zero-order chi connectivity index (χ0) is 23.0. The number of hydrogen-bond donors (Lipinski definition) is 1. The summed E-state index contributed by atoms with van der Waals surface area (Å²) >= 11 is 17.6. The summed E-state index contributed by atoms with van der Waals surface area (Å²) in [6, 6.07) is 3.67. The van der Waals surface area contributed by atoms with Crippen molar-refractivity contribution >= 4 is 58.3 Å². The number of methoxy groups -OCH3 is 2. The maximum absolute atomic E-state index is 12.8. The molecule has 0 saturated carbocycles. The Morgan fingerprint density at radius 3 is 2.58 bits per heavy atom. The molecule has 1 atom stereocenters. The van der Waals surface area contributed by atoms with Gasteiger partial charge in [-0.25, -0.2) is 9.48 Å². The minimum Gasteiger partial charge on any atom is -0.467 e. The average Bonchev–Trinajstić information content (AvgIpc) is 3.18. The van der Waals surface area contributed by atoms with Crippen molar-refractivity contribution in [1.29, 1.82) is 0 Å². The van der Waals surface area contributed by atoms with Gasteiger partial charge in [0.15, 0.2) is 5.15 Å². The molecular weight excluding hydrogens is 473 g/mol. The number of rotatable bonds is 10. The van der Waals surface area contributed by atoms with E-state index in [1.165, 1.54) is 31.2 Å². The number of nitrogens with zero attached hydrogens (tertiary/aromatic N) is 4. The van der Waals surface area contributed by atoms with E-state index in [0.29, 0.717) is 16.4 Å². The van der Waals surface area contributed by atoms with Gasteiger partial charge in [0.25, 0.3) is 0 Å². The van der Waals surface area contributed by atoms with E-state index in [-0.39, 0.29) is 18.2 Å². The van der Waals surface area contributed by atoms with E-state index in [0.717, 1.165) is 4.90 Å². The van der Waals surface area contributed by atoms with Crippen LogP contribution in [0.25, 0.3) is 5.69 Å². The Labute approximate surface area is 193 Å². The monoisotopic (exact) mass is 491 g/mol. The van der Waals surface area contributed by atoms with Gasteiger partial charge >= 0.3 is 5.97 Å². The molecule has 10 nitrogen and oxygen atoms in total. The molecule has 0 fully saturated rings. The molecule has 1 aromatic heterocycles. The highest BCUT2D eigenvalue weighted by molar-refractivity contribution is 6.31. The molecule has 0 aliphatic carbocycles. The molecule has 0 aliphatic rings. The van der Waals surface area contributed by atoms with Crippen LogP contribution < -0.4 is 5.32 Å². The van der Waals surface area contributed by atoms with Crippen molar-refractivity contribution in [2.75, 3.05) is 38.6 Å². The van der Waals surface area contributed by atoms with Gasteiger partial charge in [0.2, 0.25) is 11.8 Å². The summed E-state index contributed by atoms with van der Waals surface area (Å²) in [5.74, 6) is -2.32. The first-order valence-corrected chi connectivity index (χ1v) is 10.2. The lowest BCUT2D eigenvalue weighted by Crippen LogP contribution is -2.50. The Kier molecular flexibility index (Phi) is 9.50.